The Morgan fingerprint density at radius 1 is 1.15 bits per heavy atom. The van der Waals surface area contributed by atoms with Gasteiger partial charge in [0.1, 0.15) is 5.75 Å². The molecule has 0 amide bonds. The van der Waals surface area contributed by atoms with E-state index >= 15 is 0 Å². The highest BCUT2D eigenvalue weighted by Crippen LogP contribution is 2.21. The number of benzene rings is 1. The number of rotatable bonds is 3. The molecule has 1 N–H and O–H groups in total. The first-order chi connectivity index (χ1) is 9.74. The minimum atomic E-state index is 0.762. The van der Waals surface area contributed by atoms with Crippen LogP contribution in [0.4, 0.5) is 0 Å². The van der Waals surface area contributed by atoms with Crippen LogP contribution in [0.25, 0.3) is 23.1 Å². The maximum Gasteiger partial charge on any atom is 0.137 e. The zero-order valence-electron chi connectivity index (χ0n) is 10.9. The number of nitrogens with one attached hydrogen (secondary N) is 1. The summed E-state index contributed by atoms with van der Waals surface area (Å²) < 4.78 is 6.15. The Balaban J connectivity index is 1.85. The van der Waals surface area contributed by atoms with E-state index in [2.05, 4.69) is 44.1 Å². The van der Waals surface area contributed by atoms with Crippen LogP contribution in [-0.2, 0) is 0 Å². The van der Waals surface area contributed by atoms with Gasteiger partial charge in [-0.3, -0.25) is 4.98 Å². The van der Waals surface area contributed by atoms with Gasteiger partial charge in [0.2, 0.25) is 0 Å². The molecule has 0 aliphatic rings. The molecule has 1 aromatic carbocycles. The number of hydrogen-bond donors (Lipinski definition) is 1. The van der Waals surface area contributed by atoms with Gasteiger partial charge in [-0.15, -0.1) is 0 Å². The molecule has 0 spiro atoms. The fraction of sp³-hybridized carbons (Fsp3) is 0.0625. The Kier molecular flexibility index (Phi) is 3.56. The molecule has 0 aliphatic heterocycles. The minimum absolute atomic E-state index is 0.762. The highest BCUT2D eigenvalue weighted by Gasteiger charge is 1.99. The number of ether oxygens (including phenoxy) is 1. The predicted octanol–water partition coefficient (Wildman–Crippen LogP) is 4.50. The van der Waals surface area contributed by atoms with Crippen molar-refractivity contribution in [2.75, 3.05) is 7.11 Å². The maximum atomic E-state index is 5.09. The summed E-state index contributed by atoms with van der Waals surface area (Å²) in [7, 11) is 1.63. The van der Waals surface area contributed by atoms with Crippen molar-refractivity contribution >= 4 is 39.0 Å². The van der Waals surface area contributed by atoms with Gasteiger partial charge in [-0.2, -0.15) is 0 Å². The third kappa shape index (κ3) is 2.75. The molecule has 20 heavy (non-hydrogen) atoms. The minimum Gasteiger partial charge on any atom is -0.495 e. The van der Waals surface area contributed by atoms with Crippen molar-refractivity contribution in [1.29, 1.82) is 0 Å². The second-order valence-electron chi connectivity index (χ2n) is 4.41. The molecule has 0 radical (unpaired) electrons. The molecule has 0 bridgehead atoms. The van der Waals surface area contributed by atoms with Crippen LogP contribution in [0.15, 0.2) is 47.1 Å². The van der Waals surface area contributed by atoms with E-state index in [-0.39, 0.29) is 0 Å². The average molecular weight is 329 g/mol. The number of aromatic nitrogens is 2. The number of H-pyrrole nitrogens is 1. The van der Waals surface area contributed by atoms with Crippen LogP contribution in [0, 0.1) is 0 Å². The number of pyridine rings is 1. The van der Waals surface area contributed by atoms with Crippen LogP contribution in [0.5, 0.6) is 5.75 Å². The smallest absolute Gasteiger partial charge is 0.137 e. The van der Waals surface area contributed by atoms with Gasteiger partial charge < -0.3 is 9.72 Å². The highest BCUT2D eigenvalue weighted by molar-refractivity contribution is 9.10. The molecule has 2 aromatic heterocycles. The van der Waals surface area contributed by atoms with Gasteiger partial charge in [0.25, 0.3) is 0 Å². The van der Waals surface area contributed by atoms with E-state index in [1.54, 1.807) is 13.3 Å². The molecule has 2 heterocycles. The molecule has 0 fully saturated rings. The molecule has 3 rings (SSSR count). The fourth-order valence-corrected chi connectivity index (χ4v) is 2.36. The summed E-state index contributed by atoms with van der Waals surface area (Å²) in [4.78, 5) is 7.66. The number of methoxy groups -OCH3 is 1. The van der Waals surface area contributed by atoms with Crippen LogP contribution in [0.2, 0.25) is 0 Å². The van der Waals surface area contributed by atoms with Crippen LogP contribution in [0.1, 0.15) is 11.4 Å². The lowest BCUT2D eigenvalue weighted by molar-refractivity contribution is 0.413. The number of aromatic amines is 1. The molecule has 0 atom stereocenters. The molecular weight excluding hydrogens is 316 g/mol. The van der Waals surface area contributed by atoms with Gasteiger partial charge in [0, 0.05) is 21.1 Å². The molecule has 0 aliphatic carbocycles. The monoisotopic (exact) mass is 328 g/mol. The summed E-state index contributed by atoms with van der Waals surface area (Å²) in [5.74, 6) is 0.762. The molecule has 0 saturated heterocycles. The van der Waals surface area contributed by atoms with E-state index < -0.39 is 0 Å². The number of halogens is 1. The lowest BCUT2D eigenvalue weighted by Crippen LogP contribution is -1.85. The van der Waals surface area contributed by atoms with Gasteiger partial charge in [0.05, 0.1) is 19.0 Å². The van der Waals surface area contributed by atoms with E-state index in [0.717, 1.165) is 27.1 Å². The van der Waals surface area contributed by atoms with Gasteiger partial charge >= 0.3 is 0 Å². The Morgan fingerprint density at radius 2 is 2.05 bits per heavy atom. The SMILES string of the molecule is COc1ccc(/C=C/c2cc3ccc(Br)cc3[nH]2)nc1. The Morgan fingerprint density at radius 3 is 2.80 bits per heavy atom. The van der Waals surface area contributed by atoms with Gasteiger partial charge in [-0.05, 0) is 42.5 Å². The summed E-state index contributed by atoms with van der Waals surface area (Å²) in [5, 5.41) is 1.19. The quantitative estimate of drug-likeness (QED) is 0.768. The molecule has 100 valence electrons. The van der Waals surface area contributed by atoms with Crippen LogP contribution >= 0.6 is 15.9 Å². The third-order valence-electron chi connectivity index (χ3n) is 3.03. The van der Waals surface area contributed by atoms with E-state index in [1.807, 2.05) is 30.4 Å². The van der Waals surface area contributed by atoms with Gasteiger partial charge in [-0.1, -0.05) is 22.0 Å². The lowest BCUT2D eigenvalue weighted by atomic mass is 10.2. The van der Waals surface area contributed by atoms with E-state index in [1.165, 1.54) is 5.39 Å². The molecule has 0 saturated carbocycles. The highest BCUT2D eigenvalue weighted by atomic mass is 79.9. The normalized spacial score (nSPS) is 11.3. The number of nitrogens with zero attached hydrogens (tertiary/aromatic N) is 1. The fourth-order valence-electron chi connectivity index (χ4n) is 2.00. The van der Waals surface area contributed by atoms with Crippen molar-refractivity contribution < 1.29 is 4.74 Å². The Labute approximate surface area is 125 Å². The van der Waals surface area contributed by atoms with Crippen molar-refractivity contribution in [3.05, 3.63) is 58.5 Å². The molecule has 3 aromatic rings. The first-order valence-corrected chi connectivity index (χ1v) is 7.00. The molecule has 0 unspecified atom stereocenters. The third-order valence-corrected chi connectivity index (χ3v) is 3.53. The van der Waals surface area contributed by atoms with Gasteiger partial charge in [-0.25, -0.2) is 0 Å². The summed E-state index contributed by atoms with van der Waals surface area (Å²) in [6.07, 6.45) is 5.70. The van der Waals surface area contributed by atoms with Crippen LogP contribution in [0.3, 0.4) is 0 Å². The van der Waals surface area contributed by atoms with Crippen LogP contribution in [-0.4, -0.2) is 17.1 Å². The van der Waals surface area contributed by atoms with Crippen molar-refractivity contribution in [2.24, 2.45) is 0 Å². The summed E-state index contributed by atoms with van der Waals surface area (Å²) in [6.45, 7) is 0. The molecule has 3 nitrogen and oxygen atoms in total. The first kappa shape index (κ1) is 12.9. The Bertz CT molecular complexity index is 760. The Hall–Kier alpha value is -2.07. The van der Waals surface area contributed by atoms with Crippen molar-refractivity contribution in [3.63, 3.8) is 0 Å². The molecular formula is C16H13BrN2O. The topological polar surface area (TPSA) is 37.9 Å². The summed E-state index contributed by atoms with van der Waals surface area (Å²) >= 11 is 3.47. The first-order valence-electron chi connectivity index (χ1n) is 6.21. The maximum absolute atomic E-state index is 5.09. The lowest BCUT2D eigenvalue weighted by Gasteiger charge is -1.97. The van der Waals surface area contributed by atoms with Crippen molar-refractivity contribution in [1.82, 2.24) is 9.97 Å². The van der Waals surface area contributed by atoms with Gasteiger partial charge in [0.15, 0.2) is 0 Å². The largest absolute Gasteiger partial charge is 0.495 e. The zero-order valence-corrected chi connectivity index (χ0v) is 12.5. The summed E-state index contributed by atoms with van der Waals surface area (Å²) in [5.41, 5.74) is 3.06. The molecule has 4 heteroatoms. The second-order valence-corrected chi connectivity index (χ2v) is 5.33. The van der Waals surface area contributed by atoms with E-state index in [0.29, 0.717) is 0 Å². The van der Waals surface area contributed by atoms with E-state index in [9.17, 15) is 0 Å². The zero-order chi connectivity index (χ0) is 13.9. The van der Waals surface area contributed by atoms with E-state index in [4.69, 9.17) is 4.74 Å². The number of fused-ring (bicyclic) bond motifs is 1. The average Bonchev–Trinajstić information content (AvgIpc) is 2.87. The van der Waals surface area contributed by atoms with Crippen molar-refractivity contribution in [2.45, 2.75) is 0 Å². The predicted molar refractivity (Wildman–Crippen MR) is 85.7 cm³/mol. The number of hydrogen-bond acceptors (Lipinski definition) is 2. The second kappa shape index (κ2) is 5.51. The van der Waals surface area contributed by atoms with Crippen molar-refractivity contribution in [3.8, 4) is 5.75 Å². The summed E-state index contributed by atoms with van der Waals surface area (Å²) in [6, 6.07) is 12.1. The standard InChI is InChI=1S/C16H13BrN2O/c1-20-15-7-6-13(18-10-15)4-5-14-8-11-2-3-12(17)9-16(11)19-14/h2-10,19H,1H3/b5-4+. The van der Waals surface area contributed by atoms with Crippen LogP contribution < -0.4 is 4.74 Å².